The number of hydrogen-bond acceptors (Lipinski definition) is 4. The van der Waals surface area contributed by atoms with Gasteiger partial charge in [0.2, 0.25) is 5.95 Å². The van der Waals surface area contributed by atoms with Crippen molar-refractivity contribution in [3.05, 3.63) is 18.5 Å². The van der Waals surface area contributed by atoms with Crippen molar-refractivity contribution >= 4 is 5.95 Å². The maximum absolute atomic E-state index is 4.27. The predicted octanol–water partition coefficient (Wildman–Crippen LogP) is 1.05. The molecule has 0 spiro atoms. The standard InChI is InChI=1S/C11H18N4/c1-11(12-2)4-8-15(9-5-11)10-13-6-3-7-14-10/h3,6-7,12H,4-5,8-9H2,1-2H3. The van der Waals surface area contributed by atoms with E-state index in [1.807, 2.05) is 13.1 Å². The van der Waals surface area contributed by atoms with Crippen molar-refractivity contribution in [3.63, 3.8) is 0 Å². The fourth-order valence-electron chi connectivity index (χ4n) is 1.90. The number of anilines is 1. The lowest BCUT2D eigenvalue weighted by atomic mass is 9.90. The van der Waals surface area contributed by atoms with Gasteiger partial charge < -0.3 is 10.2 Å². The van der Waals surface area contributed by atoms with Crippen LogP contribution in [0.4, 0.5) is 5.95 Å². The molecule has 1 N–H and O–H groups in total. The third kappa shape index (κ3) is 2.26. The summed E-state index contributed by atoms with van der Waals surface area (Å²) in [4.78, 5) is 10.8. The van der Waals surface area contributed by atoms with Gasteiger partial charge in [-0.25, -0.2) is 9.97 Å². The third-order valence-electron chi connectivity index (χ3n) is 3.31. The lowest BCUT2D eigenvalue weighted by Gasteiger charge is -2.39. The zero-order chi connectivity index (χ0) is 10.7. The molecule has 0 radical (unpaired) electrons. The SMILES string of the molecule is CNC1(C)CCN(c2ncccn2)CC1. The van der Waals surface area contributed by atoms with Gasteiger partial charge in [-0.1, -0.05) is 0 Å². The molecule has 0 bridgehead atoms. The van der Waals surface area contributed by atoms with E-state index < -0.39 is 0 Å². The van der Waals surface area contributed by atoms with Crippen molar-refractivity contribution in [2.24, 2.45) is 0 Å². The lowest BCUT2D eigenvalue weighted by molar-refractivity contribution is 0.303. The molecule has 0 unspecified atom stereocenters. The number of piperidine rings is 1. The summed E-state index contributed by atoms with van der Waals surface area (Å²) in [7, 11) is 2.04. The summed E-state index contributed by atoms with van der Waals surface area (Å²) in [6.45, 7) is 4.33. The first-order valence-electron chi connectivity index (χ1n) is 5.44. The molecule has 2 heterocycles. The van der Waals surface area contributed by atoms with E-state index in [9.17, 15) is 0 Å². The Kier molecular flexibility index (Phi) is 2.86. The van der Waals surface area contributed by atoms with Gasteiger partial charge in [0.15, 0.2) is 0 Å². The number of aromatic nitrogens is 2. The predicted molar refractivity (Wildman–Crippen MR) is 60.9 cm³/mol. The van der Waals surface area contributed by atoms with Crippen LogP contribution in [0.15, 0.2) is 18.5 Å². The first kappa shape index (κ1) is 10.4. The Morgan fingerprint density at radius 3 is 2.40 bits per heavy atom. The van der Waals surface area contributed by atoms with Gasteiger partial charge in [0, 0.05) is 31.0 Å². The molecule has 1 aromatic heterocycles. The Balaban J connectivity index is 2.00. The highest BCUT2D eigenvalue weighted by Crippen LogP contribution is 2.23. The molecule has 1 fully saturated rings. The Morgan fingerprint density at radius 1 is 1.27 bits per heavy atom. The zero-order valence-corrected chi connectivity index (χ0v) is 9.40. The van der Waals surface area contributed by atoms with Gasteiger partial charge in [-0.05, 0) is 32.9 Å². The minimum atomic E-state index is 0.283. The molecule has 2 rings (SSSR count). The molecule has 1 aromatic rings. The van der Waals surface area contributed by atoms with E-state index in [0.29, 0.717) is 0 Å². The Morgan fingerprint density at radius 2 is 1.87 bits per heavy atom. The molecule has 0 aromatic carbocycles. The zero-order valence-electron chi connectivity index (χ0n) is 9.40. The van der Waals surface area contributed by atoms with Gasteiger partial charge >= 0.3 is 0 Å². The first-order valence-corrected chi connectivity index (χ1v) is 5.44. The van der Waals surface area contributed by atoms with Crippen LogP contribution in [-0.4, -0.2) is 35.6 Å². The molecule has 4 heteroatoms. The Bertz CT molecular complexity index is 304. The van der Waals surface area contributed by atoms with Crippen molar-refractivity contribution in [3.8, 4) is 0 Å². The van der Waals surface area contributed by atoms with Gasteiger partial charge in [-0.2, -0.15) is 0 Å². The summed E-state index contributed by atoms with van der Waals surface area (Å²) >= 11 is 0. The molecule has 15 heavy (non-hydrogen) atoms. The van der Waals surface area contributed by atoms with Crippen molar-refractivity contribution in [1.82, 2.24) is 15.3 Å². The summed E-state index contributed by atoms with van der Waals surface area (Å²) in [5.41, 5.74) is 0.283. The van der Waals surface area contributed by atoms with E-state index in [2.05, 4.69) is 27.1 Å². The molecule has 0 amide bonds. The van der Waals surface area contributed by atoms with E-state index in [0.717, 1.165) is 31.9 Å². The summed E-state index contributed by atoms with van der Waals surface area (Å²) in [6, 6.07) is 1.85. The van der Waals surface area contributed by atoms with Crippen molar-refractivity contribution in [2.75, 3.05) is 25.0 Å². The van der Waals surface area contributed by atoms with Gasteiger partial charge in [0.05, 0.1) is 0 Å². The second kappa shape index (κ2) is 4.14. The van der Waals surface area contributed by atoms with Gasteiger partial charge in [0.25, 0.3) is 0 Å². The van der Waals surface area contributed by atoms with Crippen molar-refractivity contribution in [2.45, 2.75) is 25.3 Å². The van der Waals surface area contributed by atoms with Crippen LogP contribution in [0.5, 0.6) is 0 Å². The number of hydrogen-bond donors (Lipinski definition) is 1. The van der Waals surface area contributed by atoms with E-state index in [1.165, 1.54) is 0 Å². The maximum Gasteiger partial charge on any atom is 0.225 e. The molecule has 0 atom stereocenters. The fourth-order valence-corrected chi connectivity index (χ4v) is 1.90. The number of nitrogens with one attached hydrogen (secondary N) is 1. The van der Waals surface area contributed by atoms with Crippen LogP contribution in [0.3, 0.4) is 0 Å². The minimum absolute atomic E-state index is 0.283. The summed E-state index contributed by atoms with van der Waals surface area (Å²) in [5.74, 6) is 0.857. The van der Waals surface area contributed by atoms with Crippen LogP contribution in [0.1, 0.15) is 19.8 Å². The normalized spacial score (nSPS) is 20.3. The minimum Gasteiger partial charge on any atom is -0.341 e. The highest BCUT2D eigenvalue weighted by atomic mass is 15.3. The molecule has 1 aliphatic rings. The largest absolute Gasteiger partial charge is 0.341 e. The van der Waals surface area contributed by atoms with E-state index in [1.54, 1.807) is 12.4 Å². The second-order valence-electron chi connectivity index (χ2n) is 4.35. The molecule has 4 nitrogen and oxygen atoms in total. The second-order valence-corrected chi connectivity index (χ2v) is 4.35. The van der Waals surface area contributed by atoms with Crippen molar-refractivity contribution in [1.29, 1.82) is 0 Å². The average molecular weight is 206 g/mol. The molecular formula is C11H18N4. The fraction of sp³-hybridized carbons (Fsp3) is 0.636. The van der Waals surface area contributed by atoms with Crippen LogP contribution in [0.2, 0.25) is 0 Å². The van der Waals surface area contributed by atoms with Gasteiger partial charge in [0.1, 0.15) is 0 Å². The smallest absolute Gasteiger partial charge is 0.225 e. The van der Waals surface area contributed by atoms with Gasteiger partial charge in [-0.15, -0.1) is 0 Å². The molecular weight excluding hydrogens is 188 g/mol. The molecule has 1 aliphatic heterocycles. The lowest BCUT2D eigenvalue weighted by Crippen LogP contribution is -2.50. The Hall–Kier alpha value is -1.16. The Labute approximate surface area is 90.7 Å². The summed E-state index contributed by atoms with van der Waals surface area (Å²) in [6.07, 6.45) is 5.88. The van der Waals surface area contributed by atoms with Crippen LogP contribution >= 0.6 is 0 Å². The average Bonchev–Trinajstić information content (AvgIpc) is 2.31. The van der Waals surface area contributed by atoms with Crippen LogP contribution in [0.25, 0.3) is 0 Å². The highest BCUT2D eigenvalue weighted by Gasteiger charge is 2.28. The molecule has 1 saturated heterocycles. The third-order valence-corrected chi connectivity index (χ3v) is 3.31. The monoisotopic (exact) mass is 206 g/mol. The number of rotatable bonds is 2. The summed E-state index contributed by atoms with van der Waals surface area (Å²) < 4.78 is 0. The van der Waals surface area contributed by atoms with Crippen molar-refractivity contribution < 1.29 is 0 Å². The van der Waals surface area contributed by atoms with Crippen LogP contribution in [-0.2, 0) is 0 Å². The quantitative estimate of drug-likeness (QED) is 0.785. The van der Waals surface area contributed by atoms with E-state index in [-0.39, 0.29) is 5.54 Å². The number of nitrogens with zero attached hydrogens (tertiary/aromatic N) is 3. The molecule has 0 aliphatic carbocycles. The molecule has 82 valence electrons. The van der Waals surface area contributed by atoms with E-state index >= 15 is 0 Å². The molecule has 0 saturated carbocycles. The summed E-state index contributed by atoms with van der Waals surface area (Å²) in [5, 5.41) is 3.38. The maximum atomic E-state index is 4.27. The first-order chi connectivity index (χ1) is 7.23. The topological polar surface area (TPSA) is 41.0 Å². The highest BCUT2D eigenvalue weighted by molar-refractivity contribution is 5.29. The van der Waals surface area contributed by atoms with Crippen LogP contribution < -0.4 is 10.2 Å². The van der Waals surface area contributed by atoms with Crippen LogP contribution in [0, 0.1) is 0 Å². The van der Waals surface area contributed by atoms with E-state index in [4.69, 9.17) is 0 Å². The van der Waals surface area contributed by atoms with Gasteiger partial charge in [-0.3, -0.25) is 0 Å².